The maximum Gasteiger partial charge on any atom is 0.227 e. The van der Waals surface area contributed by atoms with Crippen LogP contribution in [-0.4, -0.2) is 22.2 Å². The van der Waals surface area contributed by atoms with E-state index in [0.717, 1.165) is 36.9 Å². The molecule has 1 aliphatic carbocycles. The average molecular weight is 278 g/mol. The second-order valence-electron chi connectivity index (χ2n) is 5.99. The Morgan fingerprint density at radius 3 is 2.55 bits per heavy atom. The number of carbonyl (C=O) groups is 1. The Bertz CT molecular complexity index is 458. The minimum absolute atomic E-state index is 0.116. The molecule has 1 amide bonds. The molecule has 1 fully saturated rings. The first kappa shape index (κ1) is 15.0. The topological polar surface area (TPSA) is 72.9 Å². The number of hydrogen-bond donors (Lipinski definition) is 2. The summed E-state index contributed by atoms with van der Waals surface area (Å²) in [6.07, 6.45) is 8.45. The molecule has 0 radical (unpaired) electrons. The highest BCUT2D eigenvalue weighted by Crippen LogP contribution is 2.34. The number of nitrogens with one attached hydrogen (secondary N) is 1. The minimum Gasteiger partial charge on any atom is -0.351 e. The molecule has 0 saturated heterocycles. The molecule has 1 saturated carbocycles. The van der Waals surface area contributed by atoms with Crippen molar-refractivity contribution in [3.05, 3.63) is 17.5 Å². The lowest BCUT2D eigenvalue weighted by Crippen LogP contribution is -2.45. The van der Waals surface area contributed by atoms with Crippen molar-refractivity contribution in [3.8, 4) is 0 Å². The third kappa shape index (κ3) is 3.20. The van der Waals surface area contributed by atoms with Crippen LogP contribution in [0.3, 0.4) is 0 Å². The lowest BCUT2D eigenvalue weighted by atomic mass is 9.79. The van der Waals surface area contributed by atoms with Gasteiger partial charge in [0.05, 0.1) is 11.1 Å². The molecule has 0 aliphatic heterocycles. The molecule has 1 aromatic rings. The van der Waals surface area contributed by atoms with Gasteiger partial charge in [-0.25, -0.2) is 0 Å². The van der Waals surface area contributed by atoms with Crippen molar-refractivity contribution in [3.63, 3.8) is 0 Å². The van der Waals surface area contributed by atoms with Crippen molar-refractivity contribution in [1.29, 1.82) is 0 Å². The summed E-state index contributed by atoms with van der Waals surface area (Å²) in [7, 11) is 1.89. The van der Waals surface area contributed by atoms with Gasteiger partial charge in [-0.15, -0.1) is 0 Å². The maximum atomic E-state index is 12.6. The number of carbonyl (C=O) groups excluding carboxylic acids is 1. The summed E-state index contributed by atoms with van der Waals surface area (Å²) in [4.78, 5) is 12.6. The molecule has 1 aliphatic rings. The van der Waals surface area contributed by atoms with Crippen LogP contribution in [0.15, 0.2) is 6.20 Å². The zero-order valence-electron chi connectivity index (χ0n) is 12.6. The zero-order chi connectivity index (χ0) is 14.6. The highest BCUT2D eigenvalue weighted by molar-refractivity contribution is 5.82. The van der Waals surface area contributed by atoms with Crippen LogP contribution in [0.5, 0.6) is 0 Å². The number of amides is 1. The number of nitrogens with zero attached hydrogens (tertiary/aromatic N) is 2. The van der Waals surface area contributed by atoms with Crippen LogP contribution in [-0.2, 0) is 18.4 Å². The van der Waals surface area contributed by atoms with E-state index < -0.39 is 0 Å². The smallest absolute Gasteiger partial charge is 0.227 e. The van der Waals surface area contributed by atoms with Gasteiger partial charge in [-0.2, -0.15) is 5.10 Å². The van der Waals surface area contributed by atoms with Crippen LogP contribution < -0.4 is 11.1 Å². The Kier molecular flexibility index (Phi) is 4.81. The fourth-order valence-electron chi connectivity index (χ4n) is 3.11. The highest BCUT2D eigenvalue weighted by atomic mass is 16.2. The molecule has 3 N–H and O–H groups in total. The summed E-state index contributed by atoms with van der Waals surface area (Å²) < 4.78 is 1.78. The highest BCUT2D eigenvalue weighted by Gasteiger charge is 2.36. The van der Waals surface area contributed by atoms with Crippen molar-refractivity contribution in [2.45, 2.75) is 52.0 Å². The van der Waals surface area contributed by atoms with Gasteiger partial charge in [-0.1, -0.05) is 25.7 Å². The van der Waals surface area contributed by atoms with Gasteiger partial charge in [-0.3, -0.25) is 9.48 Å². The molecule has 0 aromatic carbocycles. The quantitative estimate of drug-likeness (QED) is 0.822. The summed E-state index contributed by atoms with van der Waals surface area (Å²) in [6.45, 7) is 2.96. The number of nitrogens with two attached hydrogens (primary N) is 1. The van der Waals surface area contributed by atoms with E-state index in [1.54, 1.807) is 4.68 Å². The third-order valence-corrected chi connectivity index (χ3v) is 4.49. The van der Waals surface area contributed by atoms with Crippen molar-refractivity contribution in [2.24, 2.45) is 18.2 Å². The van der Waals surface area contributed by atoms with Crippen LogP contribution in [0, 0.1) is 12.3 Å². The lowest BCUT2D eigenvalue weighted by Gasteiger charge is -2.29. The monoisotopic (exact) mass is 278 g/mol. The minimum atomic E-state index is -0.355. The molecule has 2 rings (SSSR count). The van der Waals surface area contributed by atoms with Crippen LogP contribution in [0.2, 0.25) is 0 Å². The Labute approximate surface area is 120 Å². The van der Waals surface area contributed by atoms with Crippen LogP contribution in [0.25, 0.3) is 0 Å². The number of aryl methyl sites for hydroxylation is 2. The van der Waals surface area contributed by atoms with Crippen molar-refractivity contribution < 1.29 is 4.79 Å². The Morgan fingerprint density at radius 1 is 1.40 bits per heavy atom. The van der Waals surface area contributed by atoms with E-state index in [-0.39, 0.29) is 11.3 Å². The molecule has 1 aromatic heterocycles. The maximum absolute atomic E-state index is 12.6. The van der Waals surface area contributed by atoms with E-state index in [1.807, 2.05) is 20.2 Å². The fourth-order valence-corrected chi connectivity index (χ4v) is 3.11. The van der Waals surface area contributed by atoms with E-state index >= 15 is 0 Å². The standard InChI is InChI=1S/C15H26N4O/c1-12-13(10-19(2)18-12)9-17-14(20)15(11-16)7-5-3-4-6-8-15/h10H,3-9,11,16H2,1-2H3,(H,17,20). The van der Waals surface area contributed by atoms with Crippen molar-refractivity contribution in [2.75, 3.05) is 6.54 Å². The first-order chi connectivity index (χ1) is 9.57. The van der Waals surface area contributed by atoms with E-state index in [9.17, 15) is 4.79 Å². The zero-order valence-corrected chi connectivity index (χ0v) is 12.6. The predicted molar refractivity (Wildman–Crippen MR) is 79.0 cm³/mol. The summed E-state index contributed by atoms with van der Waals surface area (Å²) in [5.41, 5.74) is 7.62. The summed E-state index contributed by atoms with van der Waals surface area (Å²) in [6, 6.07) is 0. The lowest BCUT2D eigenvalue weighted by molar-refractivity contribution is -0.131. The molecule has 20 heavy (non-hydrogen) atoms. The van der Waals surface area contributed by atoms with Gasteiger partial charge in [0.15, 0.2) is 0 Å². The molecular weight excluding hydrogens is 252 g/mol. The van der Waals surface area contributed by atoms with Gasteiger partial charge in [0.2, 0.25) is 5.91 Å². The molecule has 1 heterocycles. The van der Waals surface area contributed by atoms with E-state index in [1.165, 1.54) is 12.8 Å². The number of aromatic nitrogens is 2. The molecule has 5 heteroatoms. The first-order valence-electron chi connectivity index (χ1n) is 7.55. The van der Waals surface area contributed by atoms with Crippen LogP contribution in [0.1, 0.15) is 49.8 Å². The largest absolute Gasteiger partial charge is 0.351 e. The molecule has 5 nitrogen and oxygen atoms in total. The summed E-state index contributed by atoms with van der Waals surface area (Å²) in [5.74, 6) is 0.116. The fraction of sp³-hybridized carbons (Fsp3) is 0.733. The summed E-state index contributed by atoms with van der Waals surface area (Å²) >= 11 is 0. The number of hydrogen-bond acceptors (Lipinski definition) is 3. The van der Waals surface area contributed by atoms with Crippen LogP contribution >= 0.6 is 0 Å². The average Bonchev–Trinajstić information content (AvgIpc) is 2.65. The number of rotatable bonds is 4. The van der Waals surface area contributed by atoms with Crippen LogP contribution in [0.4, 0.5) is 0 Å². The van der Waals surface area contributed by atoms with E-state index in [0.29, 0.717) is 13.1 Å². The molecule has 112 valence electrons. The molecular formula is C15H26N4O. The Hall–Kier alpha value is -1.36. The van der Waals surface area contributed by atoms with Gasteiger partial charge in [-0.05, 0) is 19.8 Å². The Balaban J connectivity index is 2.00. The normalized spacial score (nSPS) is 18.6. The van der Waals surface area contributed by atoms with Crippen molar-refractivity contribution >= 4 is 5.91 Å². The third-order valence-electron chi connectivity index (χ3n) is 4.49. The first-order valence-corrected chi connectivity index (χ1v) is 7.55. The van der Waals surface area contributed by atoms with Gasteiger partial charge in [0, 0.05) is 31.9 Å². The van der Waals surface area contributed by atoms with Gasteiger partial charge in [0.1, 0.15) is 0 Å². The van der Waals surface area contributed by atoms with Gasteiger partial charge in [0.25, 0.3) is 0 Å². The van der Waals surface area contributed by atoms with Crippen molar-refractivity contribution in [1.82, 2.24) is 15.1 Å². The van der Waals surface area contributed by atoms with E-state index in [4.69, 9.17) is 5.73 Å². The molecule has 0 spiro atoms. The SMILES string of the molecule is Cc1nn(C)cc1CNC(=O)C1(CN)CCCCCC1. The molecule has 0 bridgehead atoms. The predicted octanol–water partition coefficient (Wildman–Crippen LogP) is 1.64. The Morgan fingerprint density at radius 2 is 2.05 bits per heavy atom. The molecule has 0 unspecified atom stereocenters. The van der Waals surface area contributed by atoms with Gasteiger partial charge >= 0.3 is 0 Å². The van der Waals surface area contributed by atoms with Gasteiger partial charge < -0.3 is 11.1 Å². The second-order valence-corrected chi connectivity index (χ2v) is 5.99. The van der Waals surface area contributed by atoms with E-state index in [2.05, 4.69) is 10.4 Å². The molecule has 0 atom stereocenters. The second kappa shape index (κ2) is 6.39. The summed E-state index contributed by atoms with van der Waals surface area (Å²) in [5, 5.41) is 7.36.